The van der Waals surface area contributed by atoms with Gasteiger partial charge in [-0.25, -0.2) is 25.1 Å². The number of nitrogens with two attached hydrogens (primary N) is 1. The van der Waals surface area contributed by atoms with Crippen molar-refractivity contribution < 1.29 is 110 Å². The third kappa shape index (κ3) is 65.6. The van der Waals surface area contributed by atoms with Gasteiger partial charge in [-0.1, -0.05) is 78.2 Å². The number of nitrogens with zero attached hydrogens (tertiary/aromatic N) is 2. The van der Waals surface area contributed by atoms with E-state index < -0.39 is 101 Å². The van der Waals surface area contributed by atoms with E-state index in [2.05, 4.69) is 42.8 Å². The summed E-state index contributed by atoms with van der Waals surface area (Å²) in [6, 6.07) is 16.7. The third-order valence-corrected chi connectivity index (χ3v) is 15.2. The number of hydrogen-bond acceptors (Lipinski definition) is 21. The standard InChI is InChI=1S/C19H27ClN2O4.C15H28N2O4S.C15H27NO4S.C14H25NO5S.C7H9NO.2ClH/c1-14(23)17(21-18(24)26-19(2,3)4)11-10-16(12-20)22-25-13-15-8-6-5-7-9-15;1-11(18)13(17-14(19)21-15(2,3)4)9-8-12(16-5)10-22(6,7)20;1-11(10-21(6,7)19)8-9-13(12(2)17)16-14(18)20-15(3,4)5;1-10(16)12(15-13(18)20-14(2,3)4)8-7-11(17)9-21(5,6)19;8-9-6-7-4-2-1-3-5-7;;/h5-9,17H,10-13H2,1-4H3,(H,21,24);13H,8-10H2,1-7H3;13H,1,8-10H2,2-7H3;9,12H,7-8H2,1-6H3,(H-,15,17,18,19);1-5H,6,8H2;2*1H/t;2*13-;12-;;;/m.000.../s1. The van der Waals surface area contributed by atoms with E-state index >= 15 is 0 Å². The van der Waals surface area contributed by atoms with E-state index in [1.807, 2.05) is 60.7 Å². The summed E-state index contributed by atoms with van der Waals surface area (Å²) in [6.07, 6.45) is 9.99. The van der Waals surface area contributed by atoms with Crippen LogP contribution in [0.5, 0.6) is 0 Å². The number of hydrogen-bond donors (Lipinski definition) is 5. The van der Waals surface area contributed by atoms with Gasteiger partial charge in [0, 0.05) is 7.05 Å². The van der Waals surface area contributed by atoms with E-state index in [9.17, 15) is 56.1 Å². The fourth-order valence-electron chi connectivity index (χ4n) is 7.73. The van der Waals surface area contributed by atoms with Crippen LogP contribution in [0.1, 0.15) is 173 Å². The number of ketones is 4. The number of oxime groups is 1. The summed E-state index contributed by atoms with van der Waals surface area (Å²) in [4.78, 5) is 107. The highest BCUT2D eigenvalue weighted by molar-refractivity contribution is 8.04. The molecule has 25 nitrogen and oxygen atoms in total. The summed E-state index contributed by atoms with van der Waals surface area (Å²) in [5.74, 6) is 4.88. The van der Waals surface area contributed by atoms with E-state index in [1.54, 1.807) is 115 Å². The Morgan fingerprint density at radius 1 is 0.515 bits per heavy atom. The van der Waals surface area contributed by atoms with Gasteiger partial charge in [-0.2, -0.15) is 0 Å². The molecular formula is C70H118Cl3N7O18S3. The number of aliphatic imine (C=N–C) groups is 1. The number of rotatable bonds is 31. The lowest BCUT2D eigenvalue weighted by Gasteiger charge is -2.23. The maximum absolute atomic E-state index is 11.9. The van der Waals surface area contributed by atoms with Gasteiger partial charge in [-0.05, 0) is 179 Å². The van der Waals surface area contributed by atoms with Crippen LogP contribution in [-0.4, -0.2) is 167 Å². The number of ether oxygens (including phenoxy) is 4. The lowest BCUT2D eigenvalue weighted by atomic mass is 10.0. The van der Waals surface area contributed by atoms with Gasteiger partial charge in [0.1, 0.15) is 93.4 Å². The van der Waals surface area contributed by atoms with Crippen molar-refractivity contribution in [2.75, 3.05) is 62.0 Å². The number of Topliss-reactive ketones (excluding diaryl/α,β-unsaturated/α-hetero) is 4. The van der Waals surface area contributed by atoms with Crippen molar-refractivity contribution in [2.45, 2.75) is 222 Å². The largest absolute Gasteiger partial charge is 1.00 e. The topological polar surface area (TPSA) is 365 Å². The Kier molecular flexibility index (Phi) is 52.4. The molecule has 0 bridgehead atoms. The predicted octanol–water partition coefficient (Wildman–Crippen LogP) is 5.00. The number of allylic oxidation sites excluding steroid dienone is 1. The summed E-state index contributed by atoms with van der Waals surface area (Å²) in [6.45, 7) is 31.3. The smallest absolute Gasteiger partial charge is 0.408 e. The Bertz CT molecular complexity index is 3090. The quantitative estimate of drug-likeness (QED) is 0.0126. The van der Waals surface area contributed by atoms with Crippen LogP contribution in [0.3, 0.4) is 0 Å². The number of carbonyl (C=O) groups is 8. The van der Waals surface area contributed by atoms with Crippen LogP contribution in [-0.2, 0) is 103 Å². The molecule has 0 saturated carbocycles. The van der Waals surface area contributed by atoms with Gasteiger partial charge < -0.3 is 75.0 Å². The van der Waals surface area contributed by atoms with Crippen molar-refractivity contribution >= 4 is 100 Å². The fraction of sp³-hybridized carbons (Fsp3) is 0.629. The highest BCUT2D eigenvalue weighted by Gasteiger charge is 2.28. The van der Waals surface area contributed by atoms with Gasteiger partial charge in [0.05, 0.1) is 67.9 Å². The molecular weight excluding hydrogens is 1430 g/mol. The molecule has 6 N–H and O–H groups in total. The number of alkyl carbamates (subject to hydrolysis) is 4. The second kappa shape index (κ2) is 51.1. The van der Waals surface area contributed by atoms with Crippen LogP contribution < -0.4 is 57.1 Å². The number of halogens is 3. The van der Waals surface area contributed by atoms with Crippen molar-refractivity contribution in [3.8, 4) is 0 Å². The Labute approximate surface area is 622 Å². The molecule has 0 radical (unpaired) electrons. The summed E-state index contributed by atoms with van der Waals surface area (Å²) in [5.41, 5.74) is 1.81. The molecule has 0 aromatic heterocycles. The fourth-order valence-corrected chi connectivity index (χ4v) is 10.9. The van der Waals surface area contributed by atoms with Crippen LogP contribution in [0, 0.1) is 0 Å². The predicted molar refractivity (Wildman–Crippen MR) is 397 cm³/mol. The zero-order chi connectivity index (χ0) is 77.3. The normalized spacial score (nSPS) is 13.1. The molecule has 0 fully saturated rings. The van der Waals surface area contributed by atoms with Crippen molar-refractivity contribution in [3.63, 3.8) is 0 Å². The number of benzene rings is 2. The first kappa shape index (κ1) is 103. The molecule has 4 amide bonds. The third-order valence-electron chi connectivity index (χ3n) is 11.9. The van der Waals surface area contributed by atoms with Crippen LogP contribution >= 0.6 is 11.6 Å². The minimum atomic E-state index is -2.26. The first-order chi connectivity index (χ1) is 45.1. The average Bonchev–Trinajstić information content (AvgIpc) is 0.926. The van der Waals surface area contributed by atoms with Crippen molar-refractivity contribution in [1.82, 2.24) is 21.3 Å². The van der Waals surface area contributed by atoms with Crippen molar-refractivity contribution in [2.24, 2.45) is 16.0 Å². The van der Waals surface area contributed by atoms with Gasteiger partial charge in [0.15, 0.2) is 23.1 Å². The van der Waals surface area contributed by atoms with E-state index in [0.717, 1.165) is 27.8 Å². The maximum atomic E-state index is 11.9. The van der Waals surface area contributed by atoms with E-state index in [4.69, 9.17) is 41.3 Å². The summed E-state index contributed by atoms with van der Waals surface area (Å²) < 4.78 is 55.5. The molecule has 0 saturated heterocycles. The van der Waals surface area contributed by atoms with Crippen LogP contribution in [0.4, 0.5) is 19.2 Å². The number of carbonyl (C=O) groups excluding carboxylic acids is 8. The molecule has 31 heteroatoms. The Hall–Kier alpha value is -6.14. The van der Waals surface area contributed by atoms with Gasteiger partial charge in [0.2, 0.25) is 0 Å². The highest BCUT2D eigenvalue weighted by Crippen LogP contribution is 2.16. The first-order valence-electron chi connectivity index (χ1n) is 32.0. The minimum Gasteiger partial charge on any atom is -1.00 e. The Morgan fingerprint density at radius 3 is 1.08 bits per heavy atom. The SMILES string of the molecule is C=C(CC[C@H](NC(=O)OC(C)(C)C)C(C)=O)C[S+](C)(C)=O.CC(=O)C(CCC(CCl)=NOCc1ccccc1)NC(=O)OC(C)(C)C.CC(=O)[C@H](CC/C([O-])=C/[S+](C)(C)=O)NC(=O)OC(C)(C)C.CN=C(CC[C@H](NC(=O)OC(C)(C)C)C(C)=O)C[S+](C)(C)=O.NOCc1ccccc1.[Cl-].[Cl-]. The maximum Gasteiger partial charge on any atom is 0.408 e. The zero-order valence-corrected chi connectivity index (χ0v) is 68.5. The molecule has 0 aliphatic rings. The molecule has 0 aliphatic carbocycles. The minimum absolute atomic E-state index is 0. The molecule has 2 aromatic rings. The second-order valence-electron chi connectivity index (χ2n) is 28.3. The molecule has 2 rings (SSSR count). The van der Waals surface area contributed by atoms with Crippen LogP contribution in [0.15, 0.2) is 94.1 Å². The lowest BCUT2D eigenvalue weighted by Crippen LogP contribution is -3.00. The molecule has 2 aromatic carbocycles. The Morgan fingerprint density at radius 2 is 0.812 bits per heavy atom. The summed E-state index contributed by atoms with van der Waals surface area (Å²) >= 11 is 5.90. The number of amides is 4. The van der Waals surface area contributed by atoms with Crippen LogP contribution in [0.2, 0.25) is 0 Å². The van der Waals surface area contributed by atoms with Gasteiger partial charge in [-0.15, -0.1) is 24.2 Å². The molecule has 0 spiro atoms. The van der Waals surface area contributed by atoms with Gasteiger partial charge >= 0.3 is 24.4 Å². The van der Waals surface area contributed by atoms with E-state index in [1.165, 1.54) is 40.2 Å². The molecule has 0 aliphatic heterocycles. The van der Waals surface area contributed by atoms with E-state index in [0.29, 0.717) is 69.0 Å². The molecule has 0 heterocycles. The molecule has 101 heavy (non-hydrogen) atoms. The van der Waals surface area contributed by atoms with E-state index in [-0.39, 0.29) is 72.4 Å². The monoisotopic (exact) mass is 1550 g/mol. The lowest BCUT2D eigenvalue weighted by molar-refractivity contribution is -0.306. The number of nitrogens with one attached hydrogen (secondary N) is 4. The molecule has 1 unspecified atom stereocenters. The second-order valence-corrected chi connectivity index (χ2v) is 37.8. The average molecular weight is 1550 g/mol. The zero-order valence-electron chi connectivity index (χ0n) is 63.7. The number of alkyl halides is 1. The summed E-state index contributed by atoms with van der Waals surface area (Å²) in [7, 11) is -4.43. The van der Waals surface area contributed by atoms with Crippen molar-refractivity contribution in [3.05, 3.63) is 95.1 Å². The van der Waals surface area contributed by atoms with Crippen molar-refractivity contribution in [1.29, 1.82) is 0 Å². The van der Waals surface area contributed by atoms with Gasteiger partial charge in [-0.3, -0.25) is 29.0 Å². The van der Waals surface area contributed by atoms with Crippen LogP contribution in [0.25, 0.3) is 0 Å². The molecule has 580 valence electrons. The molecule has 4 atom stereocenters. The first-order valence-corrected chi connectivity index (χ1v) is 40.0. The Balaban J connectivity index is -0.000000387. The van der Waals surface area contributed by atoms with Gasteiger partial charge in [0.25, 0.3) is 0 Å². The highest BCUT2D eigenvalue weighted by atomic mass is 35.5. The summed E-state index contributed by atoms with van der Waals surface area (Å²) in [5, 5.41) is 27.0.